The topological polar surface area (TPSA) is 112 Å². The van der Waals surface area contributed by atoms with Gasteiger partial charge >= 0.3 is 5.97 Å². The number of hydrogen-bond acceptors (Lipinski definition) is 9. The van der Waals surface area contributed by atoms with Crippen LogP contribution < -0.4 is 29.4 Å². The Kier molecular flexibility index (Phi) is 7.96. The number of hydrazone groups is 1. The van der Waals surface area contributed by atoms with Crippen molar-refractivity contribution in [2.75, 3.05) is 25.8 Å². The SMILES string of the molecule is CCOC(=O)C1=C(C)N=c2s/c(=C/[C@H]3C(=O)N(c4ccccc4)N=C3C)c(=O)n2[C@H]1c1cc(OC)c(OC)cc1Br. The summed E-state index contributed by atoms with van der Waals surface area (Å²) in [6.07, 6.45) is 1.62. The summed E-state index contributed by atoms with van der Waals surface area (Å²) < 4.78 is 18.7. The van der Waals surface area contributed by atoms with E-state index in [0.717, 1.165) is 11.3 Å². The summed E-state index contributed by atoms with van der Waals surface area (Å²) in [4.78, 5) is 45.6. The van der Waals surface area contributed by atoms with Gasteiger partial charge in [-0.15, -0.1) is 0 Å². The number of carbonyl (C=O) groups is 2. The van der Waals surface area contributed by atoms with Crippen LogP contribution in [0.15, 0.2) is 73.1 Å². The second-order valence-electron chi connectivity index (χ2n) is 9.26. The third-order valence-corrected chi connectivity index (χ3v) is 8.50. The van der Waals surface area contributed by atoms with Crippen molar-refractivity contribution in [1.82, 2.24) is 4.57 Å². The molecule has 2 aromatic carbocycles. The number of amides is 1. The summed E-state index contributed by atoms with van der Waals surface area (Å²) in [5.74, 6) is -0.667. The summed E-state index contributed by atoms with van der Waals surface area (Å²) >= 11 is 4.74. The number of anilines is 1. The van der Waals surface area contributed by atoms with E-state index >= 15 is 0 Å². The molecule has 0 N–H and O–H groups in total. The minimum Gasteiger partial charge on any atom is -0.493 e. The maximum atomic E-state index is 14.0. The van der Waals surface area contributed by atoms with Gasteiger partial charge in [0.05, 0.1) is 54.1 Å². The predicted molar refractivity (Wildman–Crippen MR) is 159 cm³/mol. The van der Waals surface area contributed by atoms with Gasteiger partial charge < -0.3 is 14.2 Å². The zero-order valence-corrected chi connectivity index (χ0v) is 25.4. The molecule has 0 spiro atoms. The number of fused-ring (bicyclic) bond motifs is 1. The van der Waals surface area contributed by atoms with E-state index in [0.29, 0.717) is 48.0 Å². The van der Waals surface area contributed by atoms with Crippen molar-refractivity contribution >= 4 is 56.6 Å². The standard InChI is InChI=1S/C29H27BrN4O6S/c1-6-40-28(37)24-16(3)31-29-33(25(24)19-12-21(38-4)22(39-5)14-20(19)30)27(36)23(41-29)13-18-15(2)32-34(26(18)35)17-10-8-7-9-11-17/h7-14,18,25H,6H2,1-5H3/b23-13+/t18-,25+/m1/s1. The van der Waals surface area contributed by atoms with Gasteiger partial charge in [0.2, 0.25) is 0 Å². The maximum absolute atomic E-state index is 14.0. The van der Waals surface area contributed by atoms with Gasteiger partial charge in [-0.3, -0.25) is 14.2 Å². The Morgan fingerprint density at radius 3 is 2.44 bits per heavy atom. The first-order valence-electron chi connectivity index (χ1n) is 12.7. The number of benzene rings is 2. The summed E-state index contributed by atoms with van der Waals surface area (Å²) in [5, 5.41) is 5.79. The molecule has 212 valence electrons. The van der Waals surface area contributed by atoms with E-state index in [2.05, 4.69) is 26.0 Å². The van der Waals surface area contributed by atoms with Crippen LogP contribution >= 0.6 is 27.3 Å². The van der Waals surface area contributed by atoms with Crippen LogP contribution in [0.5, 0.6) is 11.5 Å². The Morgan fingerprint density at radius 2 is 1.78 bits per heavy atom. The molecular weight excluding hydrogens is 612 g/mol. The van der Waals surface area contributed by atoms with Gasteiger partial charge in [-0.25, -0.2) is 9.79 Å². The smallest absolute Gasteiger partial charge is 0.338 e. The number of methoxy groups -OCH3 is 2. The van der Waals surface area contributed by atoms with E-state index in [1.165, 1.54) is 23.8 Å². The average molecular weight is 640 g/mol. The fraction of sp³-hybridized carbons (Fsp3) is 0.276. The first kappa shape index (κ1) is 28.5. The Bertz CT molecular complexity index is 1790. The normalized spacial score (nSPS) is 18.7. The molecule has 5 rings (SSSR count). The van der Waals surface area contributed by atoms with Gasteiger partial charge in [0.15, 0.2) is 16.3 Å². The van der Waals surface area contributed by atoms with Crippen LogP contribution in [0.4, 0.5) is 5.69 Å². The minimum atomic E-state index is -0.878. The Hall–Kier alpha value is -4.03. The number of halogens is 1. The molecule has 2 aliphatic heterocycles. The van der Waals surface area contributed by atoms with E-state index < -0.39 is 23.5 Å². The number of esters is 1. The molecule has 2 atom stereocenters. The highest BCUT2D eigenvalue weighted by Crippen LogP contribution is 2.40. The molecule has 0 aliphatic carbocycles. The molecule has 12 heteroatoms. The number of rotatable bonds is 7. The van der Waals surface area contributed by atoms with Gasteiger partial charge in [-0.1, -0.05) is 45.5 Å². The fourth-order valence-corrected chi connectivity index (χ4v) is 6.45. The van der Waals surface area contributed by atoms with Crippen molar-refractivity contribution in [2.24, 2.45) is 16.0 Å². The highest BCUT2D eigenvalue weighted by atomic mass is 79.9. The van der Waals surface area contributed by atoms with E-state index in [1.807, 2.05) is 18.2 Å². The average Bonchev–Trinajstić information content (AvgIpc) is 3.42. The van der Waals surface area contributed by atoms with Gasteiger partial charge in [-0.05, 0) is 56.7 Å². The molecule has 3 aromatic rings. The molecule has 0 saturated heterocycles. The molecule has 1 aromatic heterocycles. The van der Waals surface area contributed by atoms with Crippen molar-refractivity contribution in [3.05, 3.63) is 83.5 Å². The number of carbonyl (C=O) groups excluding carboxylic acids is 2. The van der Waals surface area contributed by atoms with E-state index in [1.54, 1.807) is 51.1 Å². The molecule has 0 radical (unpaired) electrons. The van der Waals surface area contributed by atoms with Crippen LogP contribution in [0, 0.1) is 5.92 Å². The third kappa shape index (κ3) is 5.02. The van der Waals surface area contributed by atoms with E-state index in [-0.39, 0.29) is 18.1 Å². The molecule has 41 heavy (non-hydrogen) atoms. The van der Waals surface area contributed by atoms with Crippen molar-refractivity contribution in [3.8, 4) is 11.5 Å². The van der Waals surface area contributed by atoms with Crippen LogP contribution in [0.2, 0.25) is 0 Å². The molecule has 1 amide bonds. The molecule has 3 heterocycles. The van der Waals surface area contributed by atoms with Gasteiger partial charge in [0.25, 0.3) is 11.5 Å². The Balaban J connectivity index is 1.68. The van der Waals surface area contributed by atoms with E-state index in [9.17, 15) is 14.4 Å². The molecular formula is C29H27BrN4O6S. The Morgan fingerprint density at radius 1 is 1.10 bits per heavy atom. The molecule has 0 bridgehead atoms. The van der Waals surface area contributed by atoms with Crippen molar-refractivity contribution in [3.63, 3.8) is 0 Å². The highest BCUT2D eigenvalue weighted by molar-refractivity contribution is 9.10. The quantitative estimate of drug-likeness (QED) is 0.366. The number of para-hydroxylation sites is 1. The largest absolute Gasteiger partial charge is 0.493 e. The van der Waals surface area contributed by atoms with Crippen LogP contribution in [0.25, 0.3) is 6.08 Å². The fourth-order valence-electron chi connectivity index (χ4n) is 4.86. The lowest BCUT2D eigenvalue weighted by atomic mass is 9.95. The Labute approximate surface area is 248 Å². The van der Waals surface area contributed by atoms with Gasteiger partial charge in [0.1, 0.15) is 5.92 Å². The van der Waals surface area contributed by atoms with Crippen LogP contribution in [0.3, 0.4) is 0 Å². The van der Waals surface area contributed by atoms with Crippen LogP contribution in [-0.4, -0.2) is 43.0 Å². The molecule has 0 fully saturated rings. The predicted octanol–water partition coefficient (Wildman–Crippen LogP) is 3.57. The number of nitrogens with zero attached hydrogens (tertiary/aromatic N) is 4. The zero-order chi connectivity index (χ0) is 29.4. The summed E-state index contributed by atoms with van der Waals surface area (Å²) in [6.45, 7) is 5.33. The summed E-state index contributed by atoms with van der Waals surface area (Å²) in [5.41, 5.74) is 2.04. The second kappa shape index (κ2) is 11.5. The lowest BCUT2D eigenvalue weighted by Gasteiger charge is -2.26. The van der Waals surface area contributed by atoms with Crippen LogP contribution in [0.1, 0.15) is 32.4 Å². The molecule has 10 nitrogen and oxygen atoms in total. The number of ether oxygens (including phenoxy) is 3. The second-order valence-corrected chi connectivity index (χ2v) is 11.1. The van der Waals surface area contributed by atoms with Crippen molar-refractivity contribution in [1.29, 1.82) is 0 Å². The zero-order valence-electron chi connectivity index (χ0n) is 23.0. The summed E-state index contributed by atoms with van der Waals surface area (Å²) in [6, 6.07) is 11.7. The molecule has 2 aliphatic rings. The number of aromatic nitrogens is 1. The first-order chi connectivity index (χ1) is 19.7. The first-order valence-corrected chi connectivity index (χ1v) is 14.4. The number of hydrogen-bond donors (Lipinski definition) is 0. The number of allylic oxidation sites excluding steroid dienone is 1. The highest BCUT2D eigenvalue weighted by Gasteiger charge is 2.37. The third-order valence-electron chi connectivity index (χ3n) is 6.82. The molecule has 0 saturated carbocycles. The minimum absolute atomic E-state index is 0.153. The van der Waals surface area contributed by atoms with E-state index in [4.69, 9.17) is 14.2 Å². The summed E-state index contributed by atoms with van der Waals surface area (Å²) in [7, 11) is 3.03. The molecule has 0 unspecified atom stereocenters. The van der Waals surface area contributed by atoms with Gasteiger partial charge in [-0.2, -0.15) is 10.1 Å². The van der Waals surface area contributed by atoms with Crippen molar-refractivity contribution < 1.29 is 23.8 Å². The number of thiazole rings is 1. The lowest BCUT2D eigenvalue weighted by molar-refractivity contribution is -0.139. The lowest BCUT2D eigenvalue weighted by Crippen LogP contribution is -2.40. The van der Waals surface area contributed by atoms with Crippen LogP contribution in [-0.2, 0) is 14.3 Å². The maximum Gasteiger partial charge on any atom is 0.338 e. The van der Waals surface area contributed by atoms with Crippen molar-refractivity contribution in [2.45, 2.75) is 26.8 Å². The monoisotopic (exact) mass is 638 g/mol. The van der Waals surface area contributed by atoms with Gasteiger partial charge in [0, 0.05) is 4.47 Å².